The standard InChI is InChI=1S/C28H20BrN/c1-28(2)22-10-6-5-9-21(22)27-26(28)24(18-11-14-19(29)15-12-18)25-20-8-4-3-7-17(20)13-16-23(25)30-27/h3-16H,1-2H3. The molecule has 4 aromatic carbocycles. The molecule has 0 unspecified atom stereocenters. The Kier molecular flexibility index (Phi) is 3.73. The molecule has 144 valence electrons. The fourth-order valence-corrected chi connectivity index (χ4v) is 5.38. The molecule has 0 atom stereocenters. The van der Waals surface area contributed by atoms with Crippen molar-refractivity contribution in [1.82, 2.24) is 4.98 Å². The van der Waals surface area contributed by atoms with Gasteiger partial charge in [0.25, 0.3) is 0 Å². The summed E-state index contributed by atoms with van der Waals surface area (Å²) in [6.07, 6.45) is 0. The molecule has 2 heteroatoms. The van der Waals surface area contributed by atoms with Crippen molar-refractivity contribution in [2.45, 2.75) is 19.3 Å². The average molecular weight is 450 g/mol. The van der Waals surface area contributed by atoms with Crippen LogP contribution in [0.5, 0.6) is 0 Å². The van der Waals surface area contributed by atoms with Gasteiger partial charge in [0.15, 0.2) is 0 Å². The van der Waals surface area contributed by atoms with Crippen molar-refractivity contribution in [2.24, 2.45) is 0 Å². The lowest BCUT2D eigenvalue weighted by atomic mass is 9.78. The second-order valence-electron chi connectivity index (χ2n) is 8.57. The molecule has 1 heterocycles. The molecular formula is C28H20BrN. The van der Waals surface area contributed by atoms with Gasteiger partial charge in [-0.3, -0.25) is 0 Å². The van der Waals surface area contributed by atoms with Gasteiger partial charge in [0.05, 0.1) is 11.2 Å². The van der Waals surface area contributed by atoms with Crippen molar-refractivity contribution in [2.75, 3.05) is 0 Å². The fraction of sp³-hybridized carbons (Fsp3) is 0.107. The largest absolute Gasteiger partial charge is 0.247 e. The van der Waals surface area contributed by atoms with E-state index in [1.54, 1.807) is 0 Å². The minimum Gasteiger partial charge on any atom is -0.247 e. The Hall–Kier alpha value is -2.97. The summed E-state index contributed by atoms with van der Waals surface area (Å²) >= 11 is 3.60. The molecular weight excluding hydrogens is 430 g/mol. The van der Waals surface area contributed by atoms with Crippen molar-refractivity contribution < 1.29 is 0 Å². The Balaban J connectivity index is 1.87. The van der Waals surface area contributed by atoms with Crippen molar-refractivity contribution in [3.8, 4) is 22.4 Å². The molecule has 0 saturated heterocycles. The minimum atomic E-state index is -0.119. The summed E-state index contributed by atoms with van der Waals surface area (Å²) in [5.41, 5.74) is 8.53. The topological polar surface area (TPSA) is 12.9 Å². The summed E-state index contributed by atoms with van der Waals surface area (Å²) in [6, 6.07) is 30.4. The molecule has 0 amide bonds. The van der Waals surface area contributed by atoms with Crippen LogP contribution in [0, 0.1) is 0 Å². The maximum atomic E-state index is 5.24. The highest BCUT2D eigenvalue weighted by atomic mass is 79.9. The predicted octanol–water partition coefficient (Wildman–Crippen LogP) is 8.12. The van der Waals surface area contributed by atoms with E-state index in [2.05, 4.69) is 115 Å². The Morgan fingerprint density at radius 3 is 2.33 bits per heavy atom. The quantitative estimate of drug-likeness (QED) is 0.235. The molecule has 0 radical (unpaired) electrons. The first-order chi connectivity index (χ1) is 14.6. The highest BCUT2D eigenvalue weighted by Gasteiger charge is 2.39. The number of pyridine rings is 1. The molecule has 1 nitrogen and oxygen atoms in total. The number of halogens is 1. The summed E-state index contributed by atoms with van der Waals surface area (Å²) in [5, 5.41) is 3.75. The summed E-state index contributed by atoms with van der Waals surface area (Å²) in [4.78, 5) is 5.24. The van der Waals surface area contributed by atoms with E-state index in [-0.39, 0.29) is 5.41 Å². The Bertz CT molecular complexity index is 1460. The highest BCUT2D eigenvalue weighted by molar-refractivity contribution is 9.10. The average Bonchev–Trinajstić information content (AvgIpc) is 3.00. The number of hydrogen-bond donors (Lipinski definition) is 0. The van der Waals surface area contributed by atoms with Gasteiger partial charge in [-0.15, -0.1) is 0 Å². The number of benzene rings is 4. The van der Waals surface area contributed by atoms with E-state index in [1.165, 1.54) is 44.0 Å². The van der Waals surface area contributed by atoms with E-state index >= 15 is 0 Å². The van der Waals surface area contributed by atoms with Gasteiger partial charge in [-0.25, -0.2) is 4.98 Å². The smallest absolute Gasteiger partial charge is 0.0759 e. The lowest BCUT2D eigenvalue weighted by molar-refractivity contribution is 0.662. The van der Waals surface area contributed by atoms with Gasteiger partial charge >= 0.3 is 0 Å². The first kappa shape index (κ1) is 17.9. The summed E-state index contributed by atoms with van der Waals surface area (Å²) < 4.78 is 1.09. The number of nitrogens with zero attached hydrogens (tertiary/aromatic N) is 1. The monoisotopic (exact) mass is 449 g/mol. The van der Waals surface area contributed by atoms with Crippen LogP contribution in [0.1, 0.15) is 25.0 Å². The third kappa shape index (κ3) is 2.37. The maximum Gasteiger partial charge on any atom is 0.0759 e. The molecule has 0 bridgehead atoms. The zero-order chi connectivity index (χ0) is 20.5. The summed E-state index contributed by atoms with van der Waals surface area (Å²) in [6.45, 7) is 4.66. The normalized spacial score (nSPS) is 14.1. The van der Waals surface area contributed by atoms with E-state index in [4.69, 9.17) is 4.98 Å². The number of rotatable bonds is 1. The Labute approximate surface area is 184 Å². The van der Waals surface area contributed by atoms with Gasteiger partial charge in [0, 0.05) is 20.8 Å². The van der Waals surface area contributed by atoms with Gasteiger partial charge in [0.1, 0.15) is 0 Å². The van der Waals surface area contributed by atoms with E-state index in [0.29, 0.717) is 0 Å². The predicted molar refractivity (Wildman–Crippen MR) is 130 cm³/mol. The minimum absolute atomic E-state index is 0.119. The van der Waals surface area contributed by atoms with Crippen LogP contribution >= 0.6 is 15.9 Å². The van der Waals surface area contributed by atoms with E-state index in [1.807, 2.05) is 0 Å². The third-order valence-electron chi connectivity index (χ3n) is 6.49. The van der Waals surface area contributed by atoms with Crippen LogP contribution < -0.4 is 0 Å². The lowest BCUT2D eigenvalue weighted by Gasteiger charge is -2.25. The molecule has 0 N–H and O–H groups in total. The molecule has 1 aliphatic rings. The first-order valence-corrected chi connectivity index (χ1v) is 11.1. The van der Waals surface area contributed by atoms with E-state index < -0.39 is 0 Å². The SMILES string of the molecule is CC1(C)c2ccccc2-c2nc3ccc4ccccc4c3c(-c3ccc(Br)cc3)c21. The molecule has 1 aromatic heterocycles. The molecule has 0 fully saturated rings. The van der Waals surface area contributed by atoms with Crippen LogP contribution in [0.3, 0.4) is 0 Å². The fourth-order valence-electron chi connectivity index (χ4n) is 5.11. The summed E-state index contributed by atoms with van der Waals surface area (Å²) in [7, 11) is 0. The lowest BCUT2D eigenvalue weighted by Crippen LogP contribution is -2.16. The van der Waals surface area contributed by atoms with Crippen LogP contribution in [-0.2, 0) is 5.41 Å². The van der Waals surface area contributed by atoms with Crippen molar-refractivity contribution in [1.29, 1.82) is 0 Å². The number of fused-ring (bicyclic) bond motifs is 6. The third-order valence-corrected chi connectivity index (χ3v) is 7.02. The highest BCUT2D eigenvalue weighted by Crippen LogP contribution is 2.53. The van der Waals surface area contributed by atoms with Crippen LogP contribution in [0.25, 0.3) is 44.1 Å². The Morgan fingerprint density at radius 1 is 0.767 bits per heavy atom. The number of hydrogen-bond acceptors (Lipinski definition) is 1. The van der Waals surface area contributed by atoms with Gasteiger partial charge in [-0.2, -0.15) is 0 Å². The molecule has 0 saturated carbocycles. The van der Waals surface area contributed by atoms with E-state index in [0.717, 1.165) is 15.7 Å². The van der Waals surface area contributed by atoms with Crippen molar-refractivity contribution in [3.05, 3.63) is 101 Å². The van der Waals surface area contributed by atoms with Crippen LogP contribution in [0.4, 0.5) is 0 Å². The van der Waals surface area contributed by atoms with Gasteiger partial charge in [-0.05, 0) is 51.2 Å². The van der Waals surface area contributed by atoms with Crippen LogP contribution in [0.15, 0.2) is 89.4 Å². The molecule has 0 spiro atoms. The zero-order valence-corrected chi connectivity index (χ0v) is 18.5. The van der Waals surface area contributed by atoms with Gasteiger partial charge < -0.3 is 0 Å². The summed E-state index contributed by atoms with van der Waals surface area (Å²) in [5.74, 6) is 0. The van der Waals surface area contributed by atoms with Gasteiger partial charge in [-0.1, -0.05) is 96.5 Å². The van der Waals surface area contributed by atoms with E-state index in [9.17, 15) is 0 Å². The Morgan fingerprint density at radius 2 is 1.50 bits per heavy atom. The molecule has 1 aliphatic carbocycles. The van der Waals surface area contributed by atoms with Crippen LogP contribution in [0.2, 0.25) is 0 Å². The molecule has 30 heavy (non-hydrogen) atoms. The number of aromatic nitrogens is 1. The molecule has 0 aliphatic heterocycles. The second kappa shape index (κ2) is 6.26. The maximum absolute atomic E-state index is 5.24. The van der Waals surface area contributed by atoms with Gasteiger partial charge in [0.2, 0.25) is 0 Å². The molecule has 5 aromatic rings. The van der Waals surface area contributed by atoms with Crippen molar-refractivity contribution in [3.63, 3.8) is 0 Å². The van der Waals surface area contributed by atoms with Crippen molar-refractivity contribution >= 4 is 37.6 Å². The second-order valence-corrected chi connectivity index (χ2v) is 9.48. The zero-order valence-electron chi connectivity index (χ0n) is 16.9. The first-order valence-electron chi connectivity index (χ1n) is 10.3. The van der Waals surface area contributed by atoms with Crippen LogP contribution in [-0.4, -0.2) is 4.98 Å². The molecule has 6 rings (SSSR count).